The van der Waals surface area contributed by atoms with E-state index in [0.717, 1.165) is 11.4 Å². The Morgan fingerprint density at radius 2 is 2.08 bits per heavy atom. The molecule has 0 aliphatic carbocycles. The van der Waals surface area contributed by atoms with Gasteiger partial charge in [-0.2, -0.15) is 0 Å². The average Bonchev–Trinajstić information content (AvgIpc) is 1.97. The van der Waals surface area contributed by atoms with E-state index in [1.165, 1.54) is 6.33 Å². The van der Waals surface area contributed by atoms with Crippen LogP contribution in [0.25, 0.3) is 0 Å². The zero-order valence-corrected chi connectivity index (χ0v) is 7.50. The summed E-state index contributed by atoms with van der Waals surface area (Å²) in [5, 5.41) is 0. The van der Waals surface area contributed by atoms with Crippen LogP contribution in [-0.2, 0) is 0 Å². The smallest absolute Gasteiger partial charge is 0.153 e. The number of aromatic nitrogens is 2. The zero-order valence-electron chi connectivity index (χ0n) is 7.50. The maximum Gasteiger partial charge on any atom is 0.153 e. The van der Waals surface area contributed by atoms with E-state index in [1.807, 2.05) is 20.8 Å². The van der Waals surface area contributed by atoms with E-state index in [-0.39, 0.29) is 0 Å². The van der Waals surface area contributed by atoms with Crippen molar-refractivity contribution in [2.75, 3.05) is 5.73 Å². The van der Waals surface area contributed by atoms with Crippen LogP contribution in [0, 0.1) is 6.92 Å². The molecule has 0 aliphatic heterocycles. The molecule has 2 N–H and O–H groups in total. The summed E-state index contributed by atoms with van der Waals surface area (Å²) in [6.45, 7) is 5.68. The normalized spacial score (nSPS) is 9.58. The van der Waals surface area contributed by atoms with Crippen LogP contribution in [0.3, 0.4) is 0 Å². The maximum absolute atomic E-state index is 5.61. The number of aliphatic imine (C=N–C) groups is 1. The van der Waals surface area contributed by atoms with Crippen molar-refractivity contribution >= 4 is 17.2 Å². The Balaban J connectivity index is 3.22. The van der Waals surface area contributed by atoms with E-state index in [0.29, 0.717) is 11.5 Å². The first-order valence-electron chi connectivity index (χ1n) is 3.70. The monoisotopic (exact) mass is 164 g/mol. The summed E-state index contributed by atoms with van der Waals surface area (Å²) in [5.74, 6) is 0.434. The molecule has 1 aromatic rings. The minimum absolute atomic E-state index is 0.434. The standard InChI is InChI=1S/C8H12N4/c1-5(2)12-7-6(3)10-4-11-8(7)9/h4H,1-3H3,(H2,9,10,11). The van der Waals surface area contributed by atoms with Gasteiger partial charge in [0.2, 0.25) is 0 Å². The van der Waals surface area contributed by atoms with Gasteiger partial charge in [0.1, 0.15) is 12.0 Å². The van der Waals surface area contributed by atoms with Crippen molar-refractivity contribution < 1.29 is 0 Å². The zero-order chi connectivity index (χ0) is 9.14. The predicted molar refractivity (Wildman–Crippen MR) is 49.6 cm³/mol. The Labute approximate surface area is 71.6 Å². The molecule has 0 saturated heterocycles. The van der Waals surface area contributed by atoms with Crippen molar-refractivity contribution in [1.82, 2.24) is 9.97 Å². The third kappa shape index (κ3) is 1.78. The topological polar surface area (TPSA) is 64.2 Å². The van der Waals surface area contributed by atoms with E-state index in [1.54, 1.807) is 0 Å². The summed E-state index contributed by atoms with van der Waals surface area (Å²) in [6, 6.07) is 0. The molecule has 0 amide bonds. The molecular weight excluding hydrogens is 152 g/mol. The van der Waals surface area contributed by atoms with E-state index in [2.05, 4.69) is 15.0 Å². The molecule has 0 bridgehead atoms. The predicted octanol–water partition coefficient (Wildman–Crippen LogP) is 1.48. The first-order chi connectivity index (χ1) is 5.61. The molecule has 0 saturated carbocycles. The van der Waals surface area contributed by atoms with Crippen molar-refractivity contribution in [2.45, 2.75) is 20.8 Å². The molecule has 1 aromatic heterocycles. The van der Waals surface area contributed by atoms with E-state index < -0.39 is 0 Å². The first-order valence-corrected chi connectivity index (χ1v) is 3.70. The minimum Gasteiger partial charge on any atom is -0.382 e. The second kappa shape index (κ2) is 3.30. The molecule has 0 spiro atoms. The summed E-state index contributed by atoms with van der Waals surface area (Å²) in [5.41, 5.74) is 8.04. The maximum atomic E-state index is 5.61. The summed E-state index contributed by atoms with van der Waals surface area (Å²) >= 11 is 0. The van der Waals surface area contributed by atoms with Gasteiger partial charge in [-0.05, 0) is 20.8 Å². The van der Waals surface area contributed by atoms with Crippen LogP contribution in [0.15, 0.2) is 11.3 Å². The summed E-state index contributed by atoms with van der Waals surface area (Å²) in [6.07, 6.45) is 1.44. The molecule has 0 aliphatic rings. The molecule has 0 unspecified atom stereocenters. The molecule has 4 heteroatoms. The number of hydrogen-bond donors (Lipinski definition) is 1. The lowest BCUT2D eigenvalue weighted by molar-refractivity contribution is 1.10. The van der Waals surface area contributed by atoms with Crippen molar-refractivity contribution in [3.8, 4) is 0 Å². The number of rotatable bonds is 1. The number of anilines is 1. The Bertz CT molecular complexity index is 293. The largest absolute Gasteiger partial charge is 0.382 e. The van der Waals surface area contributed by atoms with Crippen molar-refractivity contribution in [1.29, 1.82) is 0 Å². The number of nitrogens with two attached hydrogens (primary N) is 1. The molecule has 0 aromatic carbocycles. The van der Waals surface area contributed by atoms with Crippen molar-refractivity contribution in [3.63, 3.8) is 0 Å². The lowest BCUT2D eigenvalue weighted by Gasteiger charge is -2.01. The van der Waals surface area contributed by atoms with Crippen molar-refractivity contribution in [2.24, 2.45) is 4.99 Å². The molecule has 1 rings (SSSR count). The Morgan fingerprint density at radius 1 is 1.42 bits per heavy atom. The fraction of sp³-hybridized carbons (Fsp3) is 0.375. The lowest BCUT2D eigenvalue weighted by atomic mass is 10.3. The van der Waals surface area contributed by atoms with E-state index >= 15 is 0 Å². The molecule has 64 valence electrons. The van der Waals surface area contributed by atoms with Gasteiger partial charge in [-0.15, -0.1) is 0 Å². The van der Waals surface area contributed by atoms with Gasteiger partial charge < -0.3 is 5.73 Å². The van der Waals surface area contributed by atoms with E-state index in [9.17, 15) is 0 Å². The highest BCUT2D eigenvalue weighted by Gasteiger charge is 2.02. The van der Waals surface area contributed by atoms with Gasteiger partial charge in [0.05, 0.1) is 5.69 Å². The van der Waals surface area contributed by atoms with Crippen LogP contribution >= 0.6 is 0 Å². The van der Waals surface area contributed by atoms with Gasteiger partial charge in [-0.1, -0.05) is 0 Å². The van der Waals surface area contributed by atoms with Gasteiger partial charge >= 0.3 is 0 Å². The van der Waals surface area contributed by atoms with Crippen LogP contribution < -0.4 is 5.73 Å². The molecule has 12 heavy (non-hydrogen) atoms. The number of hydrogen-bond acceptors (Lipinski definition) is 4. The molecule has 0 fully saturated rings. The van der Waals surface area contributed by atoms with Crippen LogP contribution in [0.4, 0.5) is 11.5 Å². The van der Waals surface area contributed by atoms with Crippen molar-refractivity contribution in [3.05, 3.63) is 12.0 Å². The highest BCUT2D eigenvalue weighted by atomic mass is 15.0. The quantitative estimate of drug-likeness (QED) is 0.639. The third-order valence-electron chi connectivity index (χ3n) is 1.37. The van der Waals surface area contributed by atoms with Gasteiger partial charge in [0.25, 0.3) is 0 Å². The number of nitrogens with zero attached hydrogens (tertiary/aromatic N) is 3. The third-order valence-corrected chi connectivity index (χ3v) is 1.37. The number of nitrogen functional groups attached to an aromatic ring is 1. The van der Waals surface area contributed by atoms with Gasteiger partial charge in [0, 0.05) is 5.71 Å². The second-order valence-corrected chi connectivity index (χ2v) is 2.75. The SMILES string of the molecule is CC(C)=Nc1c(C)ncnc1N. The van der Waals surface area contributed by atoms with Crippen LogP contribution in [0.1, 0.15) is 19.5 Å². The van der Waals surface area contributed by atoms with Crippen LogP contribution in [0.2, 0.25) is 0 Å². The highest BCUT2D eigenvalue weighted by Crippen LogP contribution is 2.21. The second-order valence-electron chi connectivity index (χ2n) is 2.75. The molecule has 0 atom stereocenters. The number of aryl methyl sites for hydroxylation is 1. The van der Waals surface area contributed by atoms with Crippen LogP contribution in [0.5, 0.6) is 0 Å². The summed E-state index contributed by atoms with van der Waals surface area (Å²) in [4.78, 5) is 12.1. The fourth-order valence-electron chi connectivity index (χ4n) is 0.847. The van der Waals surface area contributed by atoms with E-state index in [4.69, 9.17) is 5.73 Å². The minimum atomic E-state index is 0.434. The highest BCUT2D eigenvalue weighted by molar-refractivity contribution is 5.84. The molecule has 4 nitrogen and oxygen atoms in total. The Hall–Kier alpha value is -1.45. The summed E-state index contributed by atoms with van der Waals surface area (Å²) < 4.78 is 0. The molecule has 0 radical (unpaired) electrons. The van der Waals surface area contributed by atoms with Crippen LogP contribution in [-0.4, -0.2) is 15.7 Å². The van der Waals surface area contributed by atoms with Gasteiger partial charge in [-0.3, -0.25) is 4.99 Å². The summed E-state index contributed by atoms with van der Waals surface area (Å²) in [7, 11) is 0. The molecule has 1 heterocycles. The van der Waals surface area contributed by atoms with Gasteiger partial charge in [-0.25, -0.2) is 9.97 Å². The Morgan fingerprint density at radius 3 is 2.58 bits per heavy atom. The molecular formula is C8H12N4. The lowest BCUT2D eigenvalue weighted by Crippen LogP contribution is -1.95. The average molecular weight is 164 g/mol. The van der Waals surface area contributed by atoms with Gasteiger partial charge in [0.15, 0.2) is 5.82 Å². The fourth-order valence-corrected chi connectivity index (χ4v) is 0.847. The first kappa shape index (κ1) is 8.64. The Kier molecular flexibility index (Phi) is 2.38.